The maximum atomic E-state index is 13.1. The molecule has 1 aliphatic rings. The molecule has 0 unspecified atom stereocenters. The lowest BCUT2D eigenvalue weighted by molar-refractivity contribution is -0.116. The topological polar surface area (TPSA) is 41.6 Å². The van der Waals surface area contributed by atoms with Gasteiger partial charge in [-0.05, 0) is 34.9 Å². The Morgan fingerprint density at radius 1 is 1.15 bits per heavy atom. The molecule has 1 heterocycles. The van der Waals surface area contributed by atoms with E-state index in [1.807, 2.05) is 12.1 Å². The Labute approximate surface area is 163 Å². The van der Waals surface area contributed by atoms with Gasteiger partial charge in [0.2, 0.25) is 5.91 Å². The van der Waals surface area contributed by atoms with E-state index in [-0.39, 0.29) is 10.9 Å². The van der Waals surface area contributed by atoms with E-state index < -0.39 is 5.82 Å². The van der Waals surface area contributed by atoms with Gasteiger partial charge in [-0.25, -0.2) is 4.39 Å². The second-order valence-electron chi connectivity index (χ2n) is 6.43. The Balaban J connectivity index is 1.46. The first-order valence-corrected chi connectivity index (χ1v) is 9.27. The normalized spacial score (nSPS) is 15.2. The van der Waals surface area contributed by atoms with Crippen LogP contribution in [0.1, 0.15) is 16.7 Å². The second-order valence-corrected chi connectivity index (χ2v) is 6.84. The molecule has 0 bridgehead atoms. The summed E-state index contributed by atoms with van der Waals surface area (Å²) >= 11 is 5.73. The maximum Gasteiger partial charge on any atom is 0.244 e. The van der Waals surface area contributed by atoms with Crippen LogP contribution in [0.2, 0.25) is 5.02 Å². The molecule has 0 saturated carbocycles. The molecule has 2 aromatic carbocycles. The Bertz CT molecular complexity index is 802. The predicted octanol–water partition coefficient (Wildman–Crippen LogP) is 3.64. The van der Waals surface area contributed by atoms with Crippen molar-refractivity contribution in [2.45, 2.75) is 13.1 Å². The molecular formula is C21H22ClFN2O2. The van der Waals surface area contributed by atoms with E-state index in [0.717, 1.165) is 38.4 Å². The highest BCUT2D eigenvalue weighted by Gasteiger charge is 2.10. The Kier molecular flexibility index (Phi) is 6.98. The van der Waals surface area contributed by atoms with E-state index in [4.69, 9.17) is 16.3 Å². The van der Waals surface area contributed by atoms with Crippen LogP contribution in [0, 0.1) is 5.82 Å². The van der Waals surface area contributed by atoms with Crippen molar-refractivity contribution in [1.29, 1.82) is 0 Å². The number of ether oxygens (including phenoxy) is 1. The summed E-state index contributed by atoms with van der Waals surface area (Å²) in [4.78, 5) is 14.3. The van der Waals surface area contributed by atoms with Crippen molar-refractivity contribution in [3.63, 3.8) is 0 Å². The number of amides is 1. The number of hydrogen-bond donors (Lipinski definition) is 1. The average Bonchev–Trinajstić information content (AvgIpc) is 2.69. The summed E-state index contributed by atoms with van der Waals surface area (Å²) in [7, 11) is 0. The SMILES string of the molecule is O=C(C=Cc1ccc(F)c(Cl)c1)NCc1ccc(CN2CCOCC2)cc1. The molecule has 3 rings (SSSR count). The molecule has 1 amide bonds. The zero-order valence-corrected chi connectivity index (χ0v) is 15.7. The molecule has 1 N–H and O–H groups in total. The monoisotopic (exact) mass is 388 g/mol. The Hall–Kier alpha value is -2.21. The highest BCUT2D eigenvalue weighted by molar-refractivity contribution is 6.30. The van der Waals surface area contributed by atoms with Gasteiger partial charge in [-0.2, -0.15) is 0 Å². The van der Waals surface area contributed by atoms with Crippen LogP contribution in [0.25, 0.3) is 6.08 Å². The third-order valence-electron chi connectivity index (χ3n) is 4.37. The smallest absolute Gasteiger partial charge is 0.244 e. The predicted molar refractivity (Wildman–Crippen MR) is 105 cm³/mol. The number of halogens is 2. The first-order valence-electron chi connectivity index (χ1n) is 8.89. The lowest BCUT2D eigenvalue weighted by Gasteiger charge is -2.26. The lowest BCUT2D eigenvalue weighted by atomic mass is 10.1. The molecule has 0 aromatic heterocycles. The van der Waals surface area contributed by atoms with Gasteiger partial charge in [0.25, 0.3) is 0 Å². The van der Waals surface area contributed by atoms with Crippen LogP contribution in [0.4, 0.5) is 4.39 Å². The highest BCUT2D eigenvalue weighted by Crippen LogP contribution is 2.16. The molecule has 0 spiro atoms. The van der Waals surface area contributed by atoms with Gasteiger partial charge in [0, 0.05) is 32.3 Å². The largest absolute Gasteiger partial charge is 0.379 e. The number of rotatable bonds is 6. The molecule has 2 aromatic rings. The maximum absolute atomic E-state index is 13.1. The average molecular weight is 389 g/mol. The summed E-state index contributed by atoms with van der Waals surface area (Å²) in [6, 6.07) is 12.6. The van der Waals surface area contributed by atoms with Gasteiger partial charge in [0.1, 0.15) is 5.82 Å². The Morgan fingerprint density at radius 3 is 2.56 bits per heavy atom. The van der Waals surface area contributed by atoms with Crippen molar-refractivity contribution in [1.82, 2.24) is 10.2 Å². The summed E-state index contributed by atoms with van der Waals surface area (Å²) in [6.07, 6.45) is 3.02. The Morgan fingerprint density at radius 2 is 1.85 bits per heavy atom. The minimum Gasteiger partial charge on any atom is -0.379 e. The summed E-state index contributed by atoms with van der Waals surface area (Å²) < 4.78 is 18.5. The van der Waals surface area contributed by atoms with Crippen molar-refractivity contribution < 1.29 is 13.9 Å². The quantitative estimate of drug-likeness (QED) is 0.768. The third kappa shape index (κ3) is 6.17. The molecule has 142 valence electrons. The van der Waals surface area contributed by atoms with E-state index in [9.17, 15) is 9.18 Å². The van der Waals surface area contributed by atoms with E-state index in [2.05, 4.69) is 22.3 Å². The number of nitrogens with one attached hydrogen (secondary N) is 1. The zero-order chi connectivity index (χ0) is 19.1. The summed E-state index contributed by atoms with van der Waals surface area (Å²) in [5.74, 6) is -0.692. The molecular weight excluding hydrogens is 367 g/mol. The molecule has 4 nitrogen and oxygen atoms in total. The lowest BCUT2D eigenvalue weighted by Crippen LogP contribution is -2.35. The van der Waals surface area contributed by atoms with Crippen LogP contribution in [0.3, 0.4) is 0 Å². The van der Waals surface area contributed by atoms with Crippen LogP contribution < -0.4 is 5.32 Å². The van der Waals surface area contributed by atoms with Crippen LogP contribution in [-0.4, -0.2) is 37.1 Å². The fourth-order valence-electron chi connectivity index (χ4n) is 2.82. The molecule has 1 saturated heterocycles. The first-order chi connectivity index (χ1) is 13.1. The van der Waals surface area contributed by atoms with Crippen LogP contribution in [0.5, 0.6) is 0 Å². The van der Waals surface area contributed by atoms with Crippen LogP contribution in [0.15, 0.2) is 48.5 Å². The number of benzene rings is 2. The molecule has 0 aliphatic carbocycles. The molecule has 0 radical (unpaired) electrons. The molecule has 1 aliphatic heterocycles. The minimum absolute atomic E-state index is 0.0368. The van der Waals surface area contributed by atoms with Crippen molar-refractivity contribution in [3.8, 4) is 0 Å². The van der Waals surface area contributed by atoms with Crippen LogP contribution >= 0.6 is 11.6 Å². The van der Waals surface area contributed by atoms with Gasteiger partial charge in [0.15, 0.2) is 0 Å². The summed E-state index contributed by atoms with van der Waals surface area (Å²) in [5.41, 5.74) is 2.95. The number of carbonyl (C=O) groups excluding carboxylic acids is 1. The highest BCUT2D eigenvalue weighted by atomic mass is 35.5. The summed E-state index contributed by atoms with van der Waals surface area (Å²) in [6.45, 7) is 4.88. The van der Waals surface area contributed by atoms with Crippen molar-refractivity contribution in [3.05, 3.63) is 76.1 Å². The number of morpholine rings is 1. The van der Waals surface area contributed by atoms with Crippen molar-refractivity contribution >= 4 is 23.6 Å². The standard InChI is InChI=1S/C21H22ClFN2O2/c22-19-13-16(5-7-20(19)23)6-8-21(26)24-14-17-1-3-18(4-2-17)15-25-9-11-27-12-10-25/h1-8,13H,9-12,14-15H2,(H,24,26). The van der Waals surface area contributed by atoms with Gasteiger partial charge in [-0.15, -0.1) is 0 Å². The van der Waals surface area contributed by atoms with Crippen molar-refractivity contribution in [2.75, 3.05) is 26.3 Å². The number of nitrogens with zero attached hydrogens (tertiary/aromatic N) is 1. The molecule has 1 fully saturated rings. The van der Waals surface area contributed by atoms with Crippen molar-refractivity contribution in [2.24, 2.45) is 0 Å². The minimum atomic E-state index is -0.477. The van der Waals surface area contributed by atoms with E-state index >= 15 is 0 Å². The van der Waals surface area contributed by atoms with Gasteiger partial charge in [-0.1, -0.05) is 41.9 Å². The van der Waals surface area contributed by atoms with Crippen LogP contribution in [-0.2, 0) is 22.6 Å². The zero-order valence-electron chi connectivity index (χ0n) is 15.0. The fraction of sp³-hybridized carbons (Fsp3) is 0.286. The fourth-order valence-corrected chi connectivity index (χ4v) is 3.01. The molecule has 27 heavy (non-hydrogen) atoms. The number of hydrogen-bond acceptors (Lipinski definition) is 3. The second kappa shape index (κ2) is 9.65. The van der Waals surface area contributed by atoms with Gasteiger partial charge in [-0.3, -0.25) is 9.69 Å². The third-order valence-corrected chi connectivity index (χ3v) is 4.66. The van der Waals surface area contributed by atoms with E-state index in [0.29, 0.717) is 12.1 Å². The molecule has 6 heteroatoms. The molecule has 0 atom stereocenters. The van der Waals surface area contributed by atoms with Gasteiger partial charge < -0.3 is 10.1 Å². The van der Waals surface area contributed by atoms with E-state index in [1.54, 1.807) is 12.1 Å². The van der Waals surface area contributed by atoms with Gasteiger partial charge in [0.05, 0.1) is 18.2 Å². The summed E-state index contributed by atoms with van der Waals surface area (Å²) in [5, 5.41) is 2.87. The first kappa shape index (κ1) is 19.5. The van der Waals surface area contributed by atoms with Gasteiger partial charge >= 0.3 is 0 Å². The number of carbonyl (C=O) groups is 1. The van der Waals surface area contributed by atoms with E-state index in [1.165, 1.54) is 23.8 Å².